The van der Waals surface area contributed by atoms with E-state index in [2.05, 4.69) is 42.6 Å². The van der Waals surface area contributed by atoms with Crippen molar-refractivity contribution in [3.8, 4) is 0 Å². The van der Waals surface area contributed by atoms with Crippen LogP contribution in [0.25, 0.3) is 0 Å². The van der Waals surface area contributed by atoms with Crippen molar-refractivity contribution in [2.75, 3.05) is 14.1 Å². The van der Waals surface area contributed by atoms with Crippen LogP contribution in [0.15, 0.2) is 0 Å². The highest BCUT2D eigenvalue weighted by atomic mass is 28.4. The molecule has 0 amide bonds. The van der Waals surface area contributed by atoms with Crippen LogP contribution in [0.1, 0.15) is 34.1 Å². The lowest BCUT2D eigenvalue weighted by molar-refractivity contribution is 0.496. The van der Waals surface area contributed by atoms with Crippen molar-refractivity contribution >= 4 is 8.56 Å². The summed E-state index contributed by atoms with van der Waals surface area (Å²) in [4.78, 5) is 10.6. The van der Waals surface area contributed by atoms with Gasteiger partial charge in [0.2, 0.25) is 0 Å². The van der Waals surface area contributed by atoms with Gasteiger partial charge in [-0.2, -0.15) is 0 Å². The predicted molar refractivity (Wildman–Crippen MR) is 61.9 cm³/mol. The molecule has 0 aromatic heterocycles. The van der Waals surface area contributed by atoms with Gasteiger partial charge < -0.3 is 14.9 Å². The first-order valence-corrected chi connectivity index (χ1v) is 7.27. The van der Waals surface area contributed by atoms with E-state index in [9.17, 15) is 0 Å². The molecule has 0 spiro atoms. The Morgan fingerprint density at radius 1 is 1.08 bits per heavy atom. The standard InChI is InChI=1S/C9H25N3Si/c1-7-8-13(10-5,11-6)12-9(2,3)4/h10-12H,7-8H2,1-6H3. The second kappa shape index (κ2) is 5.10. The van der Waals surface area contributed by atoms with Crippen LogP contribution in [0.5, 0.6) is 0 Å². The van der Waals surface area contributed by atoms with Crippen LogP contribution in [0.4, 0.5) is 0 Å². The minimum atomic E-state index is -1.63. The molecule has 0 aliphatic carbocycles. The molecular formula is C9H25N3Si. The van der Waals surface area contributed by atoms with E-state index in [1.807, 2.05) is 14.1 Å². The van der Waals surface area contributed by atoms with Crippen molar-refractivity contribution in [1.82, 2.24) is 14.9 Å². The highest BCUT2D eigenvalue weighted by Gasteiger charge is 2.33. The number of hydrogen-bond donors (Lipinski definition) is 3. The summed E-state index contributed by atoms with van der Waals surface area (Å²) in [6, 6.07) is 1.21. The SMILES string of the molecule is CCC[Si](NC)(NC)NC(C)(C)C. The summed E-state index contributed by atoms with van der Waals surface area (Å²) >= 11 is 0. The zero-order valence-electron chi connectivity index (χ0n) is 9.91. The van der Waals surface area contributed by atoms with Crippen molar-refractivity contribution in [3.05, 3.63) is 0 Å². The number of rotatable bonds is 5. The smallest absolute Gasteiger partial charge is 0.281 e. The molecule has 0 rings (SSSR count). The third-order valence-corrected chi connectivity index (χ3v) is 6.20. The van der Waals surface area contributed by atoms with Crippen LogP contribution in [0.3, 0.4) is 0 Å². The minimum Gasteiger partial charge on any atom is -0.316 e. The fourth-order valence-corrected chi connectivity index (χ4v) is 4.73. The van der Waals surface area contributed by atoms with Gasteiger partial charge in [0.25, 0.3) is 8.56 Å². The lowest BCUT2D eigenvalue weighted by Crippen LogP contribution is -2.73. The molecule has 0 aliphatic heterocycles. The minimum absolute atomic E-state index is 0.174. The highest BCUT2D eigenvalue weighted by molar-refractivity contribution is 6.72. The second-order valence-electron chi connectivity index (χ2n) is 4.53. The quantitative estimate of drug-likeness (QED) is 0.587. The Morgan fingerprint density at radius 2 is 1.54 bits per heavy atom. The Balaban J connectivity index is 4.38. The molecule has 0 aromatic carbocycles. The van der Waals surface area contributed by atoms with E-state index in [-0.39, 0.29) is 5.54 Å². The van der Waals surface area contributed by atoms with Gasteiger partial charge in [-0.25, -0.2) is 0 Å². The molecule has 3 N–H and O–H groups in total. The maximum Gasteiger partial charge on any atom is 0.281 e. The number of hydrogen-bond acceptors (Lipinski definition) is 3. The van der Waals surface area contributed by atoms with Crippen molar-refractivity contribution in [2.24, 2.45) is 0 Å². The van der Waals surface area contributed by atoms with Gasteiger partial charge in [0.1, 0.15) is 0 Å². The summed E-state index contributed by atoms with van der Waals surface area (Å²) in [6.07, 6.45) is 1.21. The Hall–Kier alpha value is 0.0969. The maximum atomic E-state index is 3.69. The monoisotopic (exact) mass is 203 g/mol. The number of nitrogens with one attached hydrogen (secondary N) is 3. The Bertz CT molecular complexity index is 138. The fourth-order valence-electron chi connectivity index (χ4n) is 1.58. The topological polar surface area (TPSA) is 36.1 Å². The molecule has 0 radical (unpaired) electrons. The first-order valence-electron chi connectivity index (χ1n) is 5.06. The van der Waals surface area contributed by atoms with Gasteiger partial charge in [0, 0.05) is 5.54 Å². The van der Waals surface area contributed by atoms with Gasteiger partial charge in [0.05, 0.1) is 0 Å². The average molecular weight is 203 g/mol. The maximum absolute atomic E-state index is 3.69. The summed E-state index contributed by atoms with van der Waals surface area (Å²) in [5.41, 5.74) is 0.174. The first-order chi connectivity index (χ1) is 5.89. The Labute approximate surface area is 83.9 Å². The largest absolute Gasteiger partial charge is 0.316 e. The second-order valence-corrected chi connectivity index (χ2v) is 8.09. The van der Waals surface area contributed by atoms with Gasteiger partial charge in [-0.05, 0) is 40.9 Å². The Kier molecular flexibility index (Phi) is 5.13. The van der Waals surface area contributed by atoms with Crippen LogP contribution in [0, 0.1) is 0 Å². The molecule has 4 heteroatoms. The molecule has 0 saturated heterocycles. The molecule has 0 unspecified atom stereocenters. The van der Waals surface area contributed by atoms with Crippen LogP contribution in [-0.2, 0) is 0 Å². The van der Waals surface area contributed by atoms with Crippen molar-refractivity contribution in [3.63, 3.8) is 0 Å². The Morgan fingerprint density at radius 3 is 1.77 bits per heavy atom. The van der Waals surface area contributed by atoms with E-state index in [4.69, 9.17) is 0 Å². The lowest BCUT2D eigenvalue weighted by atomic mass is 10.1. The van der Waals surface area contributed by atoms with E-state index < -0.39 is 8.56 Å². The van der Waals surface area contributed by atoms with E-state index in [1.54, 1.807) is 0 Å². The summed E-state index contributed by atoms with van der Waals surface area (Å²) < 4.78 is 0. The molecule has 13 heavy (non-hydrogen) atoms. The lowest BCUT2D eigenvalue weighted by Gasteiger charge is -2.37. The van der Waals surface area contributed by atoms with Crippen molar-refractivity contribution in [1.29, 1.82) is 0 Å². The van der Waals surface area contributed by atoms with E-state index >= 15 is 0 Å². The third-order valence-electron chi connectivity index (χ3n) is 2.07. The molecule has 0 fully saturated rings. The van der Waals surface area contributed by atoms with E-state index in [0.717, 1.165) is 0 Å². The predicted octanol–water partition coefficient (Wildman–Crippen LogP) is 1.16. The molecular weight excluding hydrogens is 178 g/mol. The zero-order valence-corrected chi connectivity index (χ0v) is 10.9. The summed E-state index contributed by atoms with van der Waals surface area (Å²) in [5, 5.41) is 0. The van der Waals surface area contributed by atoms with Gasteiger partial charge >= 0.3 is 0 Å². The molecule has 0 saturated carbocycles. The van der Waals surface area contributed by atoms with Gasteiger partial charge in [-0.15, -0.1) is 0 Å². The van der Waals surface area contributed by atoms with Crippen LogP contribution in [-0.4, -0.2) is 28.2 Å². The molecule has 0 bridgehead atoms. The van der Waals surface area contributed by atoms with Crippen molar-refractivity contribution < 1.29 is 0 Å². The molecule has 0 aliphatic rings. The van der Waals surface area contributed by atoms with Gasteiger partial charge in [-0.1, -0.05) is 13.3 Å². The first kappa shape index (κ1) is 13.1. The molecule has 0 atom stereocenters. The van der Waals surface area contributed by atoms with E-state index in [0.29, 0.717) is 0 Å². The normalized spacial score (nSPS) is 13.4. The van der Waals surface area contributed by atoms with Crippen molar-refractivity contribution in [2.45, 2.75) is 45.7 Å². The molecule has 3 nitrogen and oxygen atoms in total. The summed E-state index contributed by atoms with van der Waals surface area (Å²) in [6.45, 7) is 8.85. The summed E-state index contributed by atoms with van der Waals surface area (Å²) in [5.74, 6) is 0. The molecule has 0 heterocycles. The average Bonchev–Trinajstić information content (AvgIpc) is 2.01. The van der Waals surface area contributed by atoms with Crippen LogP contribution >= 0.6 is 0 Å². The molecule has 0 aromatic rings. The van der Waals surface area contributed by atoms with Crippen LogP contribution < -0.4 is 14.9 Å². The van der Waals surface area contributed by atoms with E-state index in [1.165, 1.54) is 12.5 Å². The fraction of sp³-hybridized carbons (Fsp3) is 1.00. The molecule has 80 valence electrons. The highest BCUT2D eigenvalue weighted by Crippen LogP contribution is 2.08. The van der Waals surface area contributed by atoms with Gasteiger partial charge in [0.15, 0.2) is 0 Å². The van der Waals surface area contributed by atoms with Crippen LogP contribution in [0.2, 0.25) is 6.04 Å². The van der Waals surface area contributed by atoms with Gasteiger partial charge in [-0.3, -0.25) is 0 Å². The summed E-state index contributed by atoms with van der Waals surface area (Å²) in [7, 11) is 2.45. The third kappa shape index (κ3) is 4.76. The zero-order chi connectivity index (χ0) is 10.5.